The minimum absolute atomic E-state index is 0.214. The Morgan fingerprint density at radius 1 is 1.14 bits per heavy atom. The van der Waals surface area contributed by atoms with E-state index in [0.29, 0.717) is 22.2 Å². The van der Waals surface area contributed by atoms with E-state index in [0.717, 1.165) is 0 Å². The number of methoxy groups -OCH3 is 1. The van der Waals surface area contributed by atoms with E-state index < -0.39 is 23.9 Å². The van der Waals surface area contributed by atoms with Crippen LogP contribution < -0.4 is 20.5 Å². The molecule has 0 fully saturated rings. The molecule has 3 N–H and O–H groups in total. The van der Waals surface area contributed by atoms with Crippen molar-refractivity contribution < 1.29 is 28.6 Å². The first-order chi connectivity index (χ1) is 13.3. The van der Waals surface area contributed by atoms with Crippen molar-refractivity contribution in [3.8, 4) is 11.5 Å². The van der Waals surface area contributed by atoms with Crippen LogP contribution in [-0.2, 0) is 14.3 Å². The first-order valence-corrected chi connectivity index (χ1v) is 8.54. The Balaban J connectivity index is 1.97. The lowest BCUT2D eigenvalue weighted by molar-refractivity contribution is -0.123. The first-order valence-electron chi connectivity index (χ1n) is 8.16. The summed E-state index contributed by atoms with van der Waals surface area (Å²) in [5.74, 6) is -1.06. The summed E-state index contributed by atoms with van der Waals surface area (Å²) in [5, 5.41) is 3.02. The summed E-state index contributed by atoms with van der Waals surface area (Å²) >= 11 is 5.93. The van der Waals surface area contributed by atoms with Gasteiger partial charge in [0, 0.05) is 5.02 Å². The Labute approximate surface area is 166 Å². The van der Waals surface area contributed by atoms with Gasteiger partial charge in [-0.15, -0.1) is 0 Å². The number of hydrogen-bond donors (Lipinski definition) is 2. The van der Waals surface area contributed by atoms with Gasteiger partial charge in [-0.2, -0.15) is 0 Å². The van der Waals surface area contributed by atoms with Crippen LogP contribution in [0.15, 0.2) is 42.5 Å². The Morgan fingerprint density at radius 3 is 2.43 bits per heavy atom. The van der Waals surface area contributed by atoms with Gasteiger partial charge in [0.15, 0.2) is 12.7 Å². The summed E-state index contributed by atoms with van der Waals surface area (Å²) in [7, 11) is 1.46. The first kappa shape index (κ1) is 21.0. The lowest BCUT2D eigenvalue weighted by atomic mass is 10.2. The van der Waals surface area contributed by atoms with Crippen molar-refractivity contribution in [1.82, 2.24) is 0 Å². The van der Waals surface area contributed by atoms with Crippen molar-refractivity contribution in [2.45, 2.75) is 13.0 Å². The number of esters is 1. The van der Waals surface area contributed by atoms with Gasteiger partial charge < -0.3 is 25.3 Å². The second-order valence-electron chi connectivity index (χ2n) is 5.66. The standard InChI is InChI=1S/C19H19ClN2O6/c1-11(18(24)22-15-9-13(20)5-8-16(15)26-2)28-19(25)12-3-6-14(7-4-12)27-10-17(21)23/h3-9,11H,10H2,1-2H3,(H2,21,23)(H,22,24)/t11-/m0/s1. The number of rotatable bonds is 8. The maximum Gasteiger partial charge on any atom is 0.338 e. The molecule has 148 valence electrons. The van der Waals surface area contributed by atoms with Gasteiger partial charge in [0.2, 0.25) is 0 Å². The van der Waals surface area contributed by atoms with Crippen molar-refractivity contribution in [3.05, 3.63) is 53.1 Å². The minimum Gasteiger partial charge on any atom is -0.495 e. The molecule has 0 saturated heterocycles. The van der Waals surface area contributed by atoms with E-state index in [1.54, 1.807) is 12.1 Å². The second kappa shape index (κ2) is 9.61. The highest BCUT2D eigenvalue weighted by atomic mass is 35.5. The van der Waals surface area contributed by atoms with E-state index >= 15 is 0 Å². The molecule has 2 aromatic carbocycles. The zero-order valence-electron chi connectivity index (χ0n) is 15.2. The summed E-state index contributed by atoms with van der Waals surface area (Å²) in [6, 6.07) is 10.6. The summed E-state index contributed by atoms with van der Waals surface area (Å²) in [5.41, 5.74) is 5.57. The third-order valence-corrected chi connectivity index (χ3v) is 3.78. The number of nitrogens with two attached hydrogens (primary N) is 1. The number of anilines is 1. The molecule has 0 aliphatic carbocycles. The van der Waals surface area contributed by atoms with Crippen LogP contribution in [0.3, 0.4) is 0 Å². The number of benzene rings is 2. The summed E-state index contributed by atoms with van der Waals surface area (Å²) in [4.78, 5) is 35.2. The average Bonchev–Trinajstić information content (AvgIpc) is 2.66. The van der Waals surface area contributed by atoms with Gasteiger partial charge in [0.25, 0.3) is 11.8 Å². The number of primary amides is 1. The molecule has 28 heavy (non-hydrogen) atoms. The fraction of sp³-hybridized carbons (Fsp3) is 0.211. The molecular formula is C19H19ClN2O6. The monoisotopic (exact) mass is 406 g/mol. The van der Waals surface area contributed by atoms with E-state index in [-0.39, 0.29) is 12.2 Å². The normalized spacial score (nSPS) is 11.2. The maximum atomic E-state index is 12.3. The van der Waals surface area contributed by atoms with Crippen LogP contribution in [-0.4, -0.2) is 37.6 Å². The van der Waals surface area contributed by atoms with E-state index in [1.165, 1.54) is 44.4 Å². The van der Waals surface area contributed by atoms with Crippen LogP contribution in [0, 0.1) is 0 Å². The molecule has 0 bridgehead atoms. The quantitative estimate of drug-likeness (QED) is 0.650. The van der Waals surface area contributed by atoms with Crippen LogP contribution in [0.5, 0.6) is 11.5 Å². The van der Waals surface area contributed by atoms with Gasteiger partial charge in [0.1, 0.15) is 11.5 Å². The highest BCUT2D eigenvalue weighted by Crippen LogP contribution is 2.27. The minimum atomic E-state index is -1.07. The number of nitrogens with one attached hydrogen (secondary N) is 1. The highest BCUT2D eigenvalue weighted by molar-refractivity contribution is 6.31. The number of carbonyl (C=O) groups is 3. The smallest absolute Gasteiger partial charge is 0.338 e. The van der Waals surface area contributed by atoms with Gasteiger partial charge >= 0.3 is 5.97 Å². The predicted octanol–water partition coefficient (Wildman–Crippen LogP) is 2.40. The largest absolute Gasteiger partial charge is 0.495 e. The SMILES string of the molecule is COc1ccc(Cl)cc1NC(=O)[C@H](C)OC(=O)c1ccc(OCC(N)=O)cc1. The number of hydrogen-bond acceptors (Lipinski definition) is 6. The molecule has 0 saturated carbocycles. The van der Waals surface area contributed by atoms with Crippen molar-refractivity contribution in [2.24, 2.45) is 5.73 Å². The third-order valence-electron chi connectivity index (χ3n) is 3.54. The number of halogens is 1. The van der Waals surface area contributed by atoms with Gasteiger partial charge in [-0.05, 0) is 49.4 Å². The Bertz CT molecular complexity index is 869. The molecule has 2 rings (SSSR count). The molecule has 2 amide bonds. The third kappa shape index (κ3) is 5.88. The molecule has 0 aliphatic heterocycles. The van der Waals surface area contributed by atoms with Gasteiger partial charge in [-0.25, -0.2) is 4.79 Å². The van der Waals surface area contributed by atoms with E-state index in [9.17, 15) is 14.4 Å². The van der Waals surface area contributed by atoms with Crippen LogP contribution in [0.4, 0.5) is 5.69 Å². The van der Waals surface area contributed by atoms with Gasteiger partial charge in [0.05, 0.1) is 18.4 Å². The van der Waals surface area contributed by atoms with Crippen LogP contribution in [0.2, 0.25) is 5.02 Å². The van der Waals surface area contributed by atoms with Crippen molar-refractivity contribution in [2.75, 3.05) is 19.0 Å². The highest BCUT2D eigenvalue weighted by Gasteiger charge is 2.20. The van der Waals surface area contributed by atoms with Crippen LogP contribution in [0.25, 0.3) is 0 Å². The molecule has 8 nitrogen and oxygen atoms in total. The van der Waals surface area contributed by atoms with Crippen molar-refractivity contribution >= 4 is 35.1 Å². The Kier molecular flexibility index (Phi) is 7.22. The number of amides is 2. The zero-order chi connectivity index (χ0) is 20.7. The van der Waals surface area contributed by atoms with Gasteiger partial charge in [-0.3, -0.25) is 9.59 Å². The predicted molar refractivity (Wildman–Crippen MR) is 103 cm³/mol. The topological polar surface area (TPSA) is 117 Å². The molecule has 1 atom stereocenters. The fourth-order valence-electron chi connectivity index (χ4n) is 2.14. The fourth-order valence-corrected chi connectivity index (χ4v) is 2.31. The molecule has 0 aliphatic rings. The second-order valence-corrected chi connectivity index (χ2v) is 6.10. The lowest BCUT2D eigenvalue weighted by Crippen LogP contribution is -2.30. The summed E-state index contributed by atoms with van der Waals surface area (Å²) < 4.78 is 15.4. The Hall–Kier alpha value is -3.26. The number of ether oxygens (including phenoxy) is 3. The molecule has 0 spiro atoms. The molecular weight excluding hydrogens is 388 g/mol. The van der Waals surface area contributed by atoms with Crippen LogP contribution in [0.1, 0.15) is 17.3 Å². The zero-order valence-corrected chi connectivity index (χ0v) is 16.0. The molecule has 0 unspecified atom stereocenters. The lowest BCUT2D eigenvalue weighted by Gasteiger charge is -2.15. The van der Waals surface area contributed by atoms with Gasteiger partial charge in [-0.1, -0.05) is 11.6 Å². The van der Waals surface area contributed by atoms with Crippen LogP contribution >= 0.6 is 11.6 Å². The molecule has 2 aromatic rings. The van der Waals surface area contributed by atoms with E-state index in [2.05, 4.69) is 5.32 Å². The molecule has 9 heteroatoms. The average molecular weight is 407 g/mol. The summed E-state index contributed by atoms with van der Waals surface area (Å²) in [6.07, 6.45) is -1.07. The Morgan fingerprint density at radius 2 is 1.82 bits per heavy atom. The molecule has 0 radical (unpaired) electrons. The van der Waals surface area contributed by atoms with Crippen molar-refractivity contribution in [1.29, 1.82) is 0 Å². The molecule has 0 heterocycles. The maximum absolute atomic E-state index is 12.3. The van der Waals surface area contributed by atoms with E-state index in [4.69, 9.17) is 31.5 Å². The van der Waals surface area contributed by atoms with Crippen molar-refractivity contribution in [3.63, 3.8) is 0 Å². The number of carbonyl (C=O) groups excluding carboxylic acids is 3. The molecule has 0 aromatic heterocycles. The van der Waals surface area contributed by atoms with E-state index in [1.807, 2.05) is 0 Å². The summed E-state index contributed by atoms with van der Waals surface area (Å²) in [6.45, 7) is 1.17.